The number of aryl methyl sites for hydroxylation is 1. The lowest BCUT2D eigenvalue weighted by atomic mass is 10.1. The van der Waals surface area contributed by atoms with Crippen molar-refractivity contribution < 1.29 is 19.0 Å². The molecule has 2 heterocycles. The second kappa shape index (κ2) is 8.36. The number of aromatic carboxylic acids is 1. The average Bonchev–Trinajstić information content (AvgIpc) is 3.11. The second-order valence-electron chi connectivity index (χ2n) is 6.95. The zero-order chi connectivity index (χ0) is 19.9. The molecule has 0 bridgehead atoms. The molecule has 1 aromatic carbocycles. The van der Waals surface area contributed by atoms with Crippen LogP contribution >= 0.6 is 12.4 Å². The third-order valence-electron chi connectivity index (χ3n) is 5.23. The monoisotopic (exact) mass is 413 g/mol. The summed E-state index contributed by atoms with van der Waals surface area (Å²) in [4.78, 5) is 28.0. The molecule has 1 aliphatic rings. The van der Waals surface area contributed by atoms with E-state index in [0.29, 0.717) is 36.9 Å². The van der Waals surface area contributed by atoms with Gasteiger partial charge in [-0.1, -0.05) is 0 Å². The smallest absolute Gasteiger partial charge is 0.341 e. The summed E-state index contributed by atoms with van der Waals surface area (Å²) in [6.07, 6.45) is 2.19. The van der Waals surface area contributed by atoms with Gasteiger partial charge in [-0.05, 0) is 33.5 Å². The van der Waals surface area contributed by atoms with Crippen molar-refractivity contribution in [2.75, 3.05) is 39.2 Å². The zero-order valence-electron chi connectivity index (χ0n) is 16.4. The minimum Gasteiger partial charge on any atom is -0.492 e. The molecule has 1 unspecified atom stereocenters. The fourth-order valence-corrected chi connectivity index (χ4v) is 3.74. The van der Waals surface area contributed by atoms with E-state index >= 15 is 4.39 Å². The van der Waals surface area contributed by atoms with Gasteiger partial charge in [-0.25, -0.2) is 9.18 Å². The van der Waals surface area contributed by atoms with Gasteiger partial charge >= 0.3 is 5.97 Å². The lowest BCUT2D eigenvalue weighted by molar-refractivity contribution is 0.0695. The molecule has 1 saturated heterocycles. The Labute approximate surface area is 168 Å². The zero-order valence-corrected chi connectivity index (χ0v) is 17.2. The quantitative estimate of drug-likeness (QED) is 0.811. The van der Waals surface area contributed by atoms with Crippen LogP contribution in [0, 0.1) is 5.82 Å². The predicted molar refractivity (Wildman–Crippen MR) is 109 cm³/mol. The molecule has 1 atom stereocenters. The Morgan fingerprint density at radius 3 is 2.61 bits per heavy atom. The van der Waals surface area contributed by atoms with E-state index in [-0.39, 0.29) is 29.1 Å². The molecule has 2 aromatic rings. The van der Waals surface area contributed by atoms with E-state index in [2.05, 4.69) is 4.90 Å². The molecule has 0 spiro atoms. The number of ether oxygens (including phenoxy) is 1. The number of carboxylic acid groups (broad SMARTS) is 1. The van der Waals surface area contributed by atoms with Crippen molar-refractivity contribution in [3.8, 4) is 5.75 Å². The minimum absolute atomic E-state index is 0. The van der Waals surface area contributed by atoms with Crippen LogP contribution in [-0.2, 0) is 6.54 Å². The number of methoxy groups -OCH3 is 1. The molecule has 1 aromatic heterocycles. The van der Waals surface area contributed by atoms with Crippen LogP contribution in [0.2, 0.25) is 0 Å². The van der Waals surface area contributed by atoms with Gasteiger partial charge in [0.25, 0.3) is 0 Å². The van der Waals surface area contributed by atoms with Crippen molar-refractivity contribution >= 4 is 35.0 Å². The summed E-state index contributed by atoms with van der Waals surface area (Å²) < 4.78 is 22.2. The summed E-state index contributed by atoms with van der Waals surface area (Å²) in [6, 6.07) is 1.43. The van der Waals surface area contributed by atoms with Crippen LogP contribution in [-0.4, -0.2) is 60.9 Å². The highest BCUT2D eigenvalue weighted by Crippen LogP contribution is 2.39. The third kappa shape index (κ3) is 3.54. The topological polar surface area (TPSA) is 75.0 Å². The SMILES string of the molecule is CCn1cc(C(=O)O)c(=O)c2cc(F)c(N3CCC(N(C)C)C3)c(OC)c21.Cl. The highest BCUT2D eigenvalue weighted by Gasteiger charge is 2.30. The van der Waals surface area contributed by atoms with E-state index in [4.69, 9.17) is 4.74 Å². The fraction of sp³-hybridized carbons (Fsp3) is 0.474. The molecule has 154 valence electrons. The first-order chi connectivity index (χ1) is 12.8. The van der Waals surface area contributed by atoms with Crippen LogP contribution < -0.4 is 15.1 Å². The Morgan fingerprint density at radius 1 is 1.43 bits per heavy atom. The number of aromatic nitrogens is 1. The lowest BCUT2D eigenvalue weighted by Crippen LogP contribution is -2.32. The van der Waals surface area contributed by atoms with Gasteiger partial charge in [-0.2, -0.15) is 0 Å². The number of likely N-dealkylation sites (N-methyl/N-ethyl adjacent to an activating group) is 1. The second-order valence-corrected chi connectivity index (χ2v) is 6.95. The maximum absolute atomic E-state index is 15.1. The molecule has 0 saturated carbocycles. The van der Waals surface area contributed by atoms with Crippen molar-refractivity contribution in [2.45, 2.75) is 25.9 Å². The first-order valence-electron chi connectivity index (χ1n) is 8.88. The number of hydrogen-bond acceptors (Lipinski definition) is 5. The van der Waals surface area contributed by atoms with E-state index in [9.17, 15) is 14.7 Å². The molecule has 0 aliphatic carbocycles. The standard InChI is InChI=1S/C19H24FN3O4.ClH/c1-5-22-10-13(19(25)26)17(24)12-8-14(20)16(18(27-4)15(12)22)23-7-6-11(9-23)21(2)3;/h8,10-11H,5-7,9H2,1-4H3,(H,25,26);1H. The molecule has 1 N–H and O–H groups in total. The van der Waals surface area contributed by atoms with E-state index in [1.54, 1.807) is 4.57 Å². The van der Waals surface area contributed by atoms with Crippen molar-refractivity contribution in [2.24, 2.45) is 0 Å². The van der Waals surface area contributed by atoms with E-state index < -0.39 is 17.2 Å². The predicted octanol–water partition coefficient (Wildman–Crippen LogP) is 2.43. The minimum atomic E-state index is -1.33. The summed E-state index contributed by atoms with van der Waals surface area (Å²) >= 11 is 0. The van der Waals surface area contributed by atoms with Crippen molar-refractivity contribution in [3.05, 3.63) is 33.9 Å². The molecule has 28 heavy (non-hydrogen) atoms. The van der Waals surface area contributed by atoms with Crippen molar-refractivity contribution in [1.82, 2.24) is 9.47 Å². The van der Waals surface area contributed by atoms with Crippen LogP contribution in [0.3, 0.4) is 0 Å². The Morgan fingerprint density at radius 2 is 2.11 bits per heavy atom. The number of rotatable bonds is 5. The third-order valence-corrected chi connectivity index (χ3v) is 5.23. The number of carbonyl (C=O) groups is 1. The largest absolute Gasteiger partial charge is 0.492 e. The molecule has 9 heteroatoms. The van der Waals surface area contributed by atoms with Crippen LogP contribution in [0.5, 0.6) is 5.75 Å². The van der Waals surface area contributed by atoms with Crippen LogP contribution in [0.4, 0.5) is 10.1 Å². The van der Waals surface area contributed by atoms with Gasteiger partial charge in [0.2, 0.25) is 5.43 Å². The summed E-state index contributed by atoms with van der Waals surface area (Å²) in [5.41, 5.74) is -0.357. The molecular weight excluding hydrogens is 389 g/mol. The van der Waals surface area contributed by atoms with Crippen LogP contribution in [0.1, 0.15) is 23.7 Å². The first kappa shape index (κ1) is 22.0. The highest BCUT2D eigenvalue weighted by atomic mass is 35.5. The highest BCUT2D eigenvalue weighted by molar-refractivity contribution is 5.97. The van der Waals surface area contributed by atoms with Gasteiger partial charge in [0.15, 0.2) is 11.6 Å². The molecular formula is C19H25ClFN3O4. The summed E-state index contributed by atoms with van der Waals surface area (Å²) in [6.45, 7) is 3.56. The molecule has 7 nitrogen and oxygen atoms in total. The number of benzene rings is 1. The average molecular weight is 414 g/mol. The normalized spacial score (nSPS) is 16.5. The van der Waals surface area contributed by atoms with Crippen molar-refractivity contribution in [1.29, 1.82) is 0 Å². The summed E-state index contributed by atoms with van der Waals surface area (Å²) in [5, 5.41) is 9.31. The van der Waals surface area contributed by atoms with E-state index in [0.717, 1.165) is 12.5 Å². The molecule has 1 fully saturated rings. The number of pyridine rings is 1. The molecule has 3 rings (SSSR count). The molecule has 0 amide bonds. The number of carboxylic acids is 1. The molecule has 0 radical (unpaired) electrons. The van der Waals surface area contributed by atoms with E-state index in [1.165, 1.54) is 13.3 Å². The van der Waals surface area contributed by atoms with Gasteiger partial charge in [0, 0.05) is 31.9 Å². The van der Waals surface area contributed by atoms with Crippen LogP contribution in [0.25, 0.3) is 10.9 Å². The molecule has 1 aliphatic heterocycles. The lowest BCUT2D eigenvalue weighted by Gasteiger charge is -2.25. The van der Waals surface area contributed by atoms with Gasteiger partial charge < -0.3 is 24.2 Å². The van der Waals surface area contributed by atoms with Crippen LogP contribution in [0.15, 0.2) is 17.1 Å². The Hall–Kier alpha value is -2.32. The number of fused-ring (bicyclic) bond motifs is 1. The number of hydrogen-bond donors (Lipinski definition) is 1. The van der Waals surface area contributed by atoms with Crippen molar-refractivity contribution in [3.63, 3.8) is 0 Å². The summed E-state index contributed by atoms with van der Waals surface area (Å²) in [5.74, 6) is -1.65. The number of nitrogens with zero attached hydrogens (tertiary/aromatic N) is 3. The maximum atomic E-state index is 15.1. The summed E-state index contributed by atoms with van der Waals surface area (Å²) in [7, 11) is 5.42. The van der Waals surface area contributed by atoms with Gasteiger partial charge in [-0.3, -0.25) is 4.79 Å². The Balaban J connectivity index is 0.00000280. The number of halogens is 2. The Kier molecular flexibility index (Phi) is 6.56. The number of anilines is 1. The fourth-order valence-electron chi connectivity index (χ4n) is 3.74. The van der Waals surface area contributed by atoms with Gasteiger partial charge in [0.05, 0.1) is 18.0 Å². The maximum Gasteiger partial charge on any atom is 0.341 e. The van der Waals surface area contributed by atoms with Gasteiger partial charge in [0.1, 0.15) is 11.3 Å². The first-order valence-corrected chi connectivity index (χ1v) is 8.88. The Bertz CT molecular complexity index is 961. The van der Waals surface area contributed by atoms with Gasteiger partial charge in [-0.15, -0.1) is 12.4 Å². The van der Waals surface area contributed by atoms with E-state index in [1.807, 2.05) is 25.9 Å².